The first-order chi connectivity index (χ1) is 9.51. The molecule has 0 saturated carbocycles. The predicted octanol–water partition coefficient (Wildman–Crippen LogP) is 1.38. The lowest BCUT2D eigenvalue weighted by atomic mass is 10.2. The molecule has 0 saturated heterocycles. The molecule has 0 fully saturated rings. The molecule has 2 N–H and O–H groups in total. The molecule has 0 aliphatic heterocycles. The highest BCUT2D eigenvalue weighted by Gasteiger charge is 2.21. The summed E-state index contributed by atoms with van der Waals surface area (Å²) in [5.41, 5.74) is 0.215. The number of nitrogens with one attached hydrogen (secondary N) is 1. The van der Waals surface area contributed by atoms with Gasteiger partial charge in [0.15, 0.2) is 5.69 Å². The monoisotopic (exact) mass is 275 g/mol. The fraction of sp³-hybridized carbons (Fsp3) is 0.154. The van der Waals surface area contributed by atoms with Gasteiger partial charge in [0.1, 0.15) is 11.3 Å². The van der Waals surface area contributed by atoms with E-state index in [1.165, 1.54) is 18.0 Å². The Kier molecular flexibility index (Phi) is 3.69. The molecule has 104 valence electrons. The fourth-order valence-electron chi connectivity index (χ4n) is 1.70. The van der Waals surface area contributed by atoms with Gasteiger partial charge >= 0.3 is 5.97 Å². The molecule has 0 unspecified atom stereocenters. The Bertz CT molecular complexity index is 663. The molecule has 0 aliphatic rings. The van der Waals surface area contributed by atoms with Gasteiger partial charge in [0, 0.05) is 25.0 Å². The molecule has 1 amide bonds. The summed E-state index contributed by atoms with van der Waals surface area (Å²) in [5.74, 6) is -1.20. The summed E-state index contributed by atoms with van der Waals surface area (Å²) in [6, 6.07) is 6.75. The second kappa shape index (κ2) is 5.43. The van der Waals surface area contributed by atoms with E-state index in [1.807, 2.05) is 0 Å². The van der Waals surface area contributed by atoms with Gasteiger partial charge in [0.2, 0.25) is 0 Å². The number of aromatic nitrogens is 2. The molecule has 1 heterocycles. The highest BCUT2D eigenvalue weighted by atomic mass is 16.5. The van der Waals surface area contributed by atoms with E-state index >= 15 is 0 Å². The van der Waals surface area contributed by atoms with Gasteiger partial charge < -0.3 is 15.2 Å². The zero-order valence-corrected chi connectivity index (χ0v) is 11.0. The number of benzene rings is 1. The first kappa shape index (κ1) is 13.6. The second-order valence-corrected chi connectivity index (χ2v) is 4.06. The molecule has 0 aliphatic carbocycles. The van der Waals surface area contributed by atoms with Crippen LogP contribution in [0.2, 0.25) is 0 Å². The molecule has 7 nitrogen and oxygen atoms in total. The van der Waals surface area contributed by atoms with E-state index in [4.69, 9.17) is 9.84 Å². The normalized spacial score (nSPS) is 10.1. The van der Waals surface area contributed by atoms with Crippen LogP contribution in [0.4, 0.5) is 5.69 Å². The number of aryl methyl sites for hydroxylation is 1. The van der Waals surface area contributed by atoms with E-state index < -0.39 is 11.9 Å². The maximum absolute atomic E-state index is 12.1. The molecule has 7 heteroatoms. The minimum absolute atomic E-state index is 0.136. The van der Waals surface area contributed by atoms with Crippen molar-refractivity contribution in [3.8, 4) is 5.75 Å². The molecule has 1 aromatic heterocycles. The van der Waals surface area contributed by atoms with Crippen LogP contribution >= 0.6 is 0 Å². The Morgan fingerprint density at radius 1 is 1.40 bits per heavy atom. The summed E-state index contributed by atoms with van der Waals surface area (Å²) >= 11 is 0. The van der Waals surface area contributed by atoms with Gasteiger partial charge in [-0.25, -0.2) is 4.79 Å². The molecule has 0 spiro atoms. The van der Waals surface area contributed by atoms with E-state index in [2.05, 4.69) is 10.4 Å². The average Bonchev–Trinajstić information content (AvgIpc) is 2.81. The summed E-state index contributed by atoms with van der Waals surface area (Å²) in [4.78, 5) is 23.1. The highest BCUT2D eigenvalue weighted by Crippen LogP contribution is 2.18. The Hall–Kier alpha value is -2.83. The summed E-state index contributed by atoms with van der Waals surface area (Å²) in [7, 11) is 3.07. The molecule has 20 heavy (non-hydrogen) atoms. The topological polar surface area (TPSA) is 93.5 Å². The number of hydrogen-bond donors (Lipinski definition) is 2. The third-order valence-electron chi connectivity index (χ3n) is 2.60. The van der Waals surface area contributed by atoms with Crippen molar-refractivity contribution < 1.29 is 19.4 Å². The summed E-state index contributed by atoms with van der Waals surface area (Å²) < 4.78 is 6.32. The highest BCUT2D eigenvalue weighted by molar-refractivity contribution is 6.09. The average molecular weight is 275 g/mol. The first-order valence-corrected chi connectivity index (χ1v) is 5.73. The zero-order valence-electron chi connectivity index (χ0n) is 11.0. The van der Waals surface area contributed by atoms with Gasteiger partial charge in [-0.3, -0.25) is 9.48 Å². The zero-order chi connectivity index (χ0) is 14.7. The van der Waals surface area contributed by atoms with Crippen LogP contribution < -0.4 is 10.1 Å². The molecule has 2 rings (SSSR count). The number of carboxylic acid groups (broad SMARTS) is 1. The number of ether oxygens (including phenoxy) is 1. The van der Waals surface area contributed by atoms with Crippen LogP contribution in [0.1, 0.15) is 20.8 Å². The number of carbonyl (C=O) groups is 2. The number of amides is 1. The number of methoxy groups -OCH3 is 1. The molecule has 0 radical (unpaired) electrons. The van der Waals surface area contributed by atoms with Crippen molar-refractivity contribution in [1.82, 2.24) is 9.78 Å². The lowest BCUT2D eigenvalue weighted by molar-refractivity contribution is 0.0692. The Balaban J connectivity index is 2.26. The third kappa shape index (κ3) is 2.77. The Morgan fingerprint density at radius 2 is 2.15 bits per heavy atom. The van der Waals surface area contributed by atoms with E-state index in [1.54, 1.807) is 31.3 Å². The van der Waals surface area contributed by atoms with Crippen LogP contribution in [0.25, 0.3) is 0 Å². The number of rotatable bonds is 4. The summed E-state index contributed by atoms with van der Waals surface area (Å²) in [5, 5.41) is 15.5. The molecule has 1 aromatic carbocycles. The number of hydrogen-bond acceptors (Lipinski definition) is 4. The van der Waals surface area contributed by atoms with Gasteiger partial charge in [0.05, 0.1) is 7.11 Å². The number of anilines is 1. The molecular weight excluding hydrogens is 262 g/mol. The SMILES string of the molecule is COc1cccc(NC(=O)c2nn(C)cc2C(=O)O)c1. The van der Waals surface area contributed by atoms with Crippen molar-refractivity contribution in [3.63, 3.8) is 0 Å². The minimum atomic E-state index is -1.20. The van der Waals surface area contributed by atoms with Crippen LogP contribution in [0.15, 0.2) is 30.5 Å². The maximum atomic E-state index is 12.1. The van der Waals surface area contributed by atoms with Crippen LogP contribution in [0.5, 0.6) is 5.75 Å². The molecule has 0 bridgehead atoms. The van der Waals surface area contributed by atoms with Gasteiger partial charge in [0.25, 0.3) is 5.91 Å². The first-order valence-electron chi connectivity index (χ1n) is 5.73. The largest absolute Gasteiger partial charge is 0.497 e. The van der Waals surface area contributed by atoms with Crippen molar-refractivity contribution >= 4 is 17.6 Å². The summed E-state index contributed by atoms with van der Waals surface area (Å²) in [6.07, 6.45) is 1.28. The van der Waals surface area contributed by atoms with E-state index in [0.29, 0.717) is 11.4 Å². The summed E-state index contributed by atoms with van der Waals surface area (Å²) in [6.45, 7) is 0. The number of nitrogens with zero attached hydrogens (tertiary/aromatic N) is 2. The van der Waals surface area contributed by atoms with E-state index in [9.17, 15) is 9.59 Å². The number of carbonyl (C=O) groups excluding carboxylic acids is 1. The van der Waals surface area contributed by atoms with Gasteiger partial charge in [-0.05, 0) is 12.1 Å². The van der Waals surface area contributed by atoms with Gasteiger partial charge in [-0.2, -0.15) is 5.10 Å². The lowest BCUT2D eigenvalue weighted by Crippen LogP contribution is -2.16. The van der Waals surface area contributed by atoms with Crippen molar-refractivity contribution in [1.29, 1.82) is 0 Å². The number of carboxylic acids is 1. The van der Waals surface area contributed by atoms with Gasteiger partial charge in [-0.1, -0.05) is 6.07 Å². The van der Waals surface area contributed by atoms with Gasteiger partial charge in [-0.15, -0.1) is 0 Å². The van der Waals surface area contributed by atoms with Crippen molar-refractivity contribution in [2.75, 3.05) is 12.4 Å². The van der Waals surface area contributed by atoms with Crippen LogP contribution in [-0.2, 0) is 7.05 Å². The molecule has 2 aromatic rings. The smallest absolute Gasteiger partial charge is 0.339 e. The molecule has 0 atom stereocenters. The minimum Gasteiger partial charge on any atom is -0.497 e. The third-order valence-corrected chi connectivity index (χ3v) is 2.60. The molecular formula is C13H13N3O4. The standard InChI is InChI=1S/C13H13N3O4/c1-16-7-10(13(18)19)11(15-16)12(17)14-8-4-3-5-9(6-8)20-2/h3-7H,1-2H3,(H,14,17)(H,18,19). The van der Waals surface area contributed by atoms with E-state index in [0.717, 1.165) is 0 Å². The van der Waals surface area contributed by atoms with Crippen molar-refractivity contribution in [2.45, 2.75) is 0 Å². The quantitative estimate of drug-likeness (QED) is 0.879. The van der Waals surface area contributed by atoms with Crippen LogP contribution in [0.3, 0.4) is 0 Å². The van der Waals surface area contributed by atoms with Crippen molar-refractivity contribution in [3.05, 3.63) is 41.7 Å². The Morgan fingerprint density at radius 3 is 2.80 bits per heavy atom. The number of aromatic carboxylic acids is 1. The maximum Gasteiger partial charge on any atom is 0.339 e. The van der Waals surface area contributed by atoms with E-state index in [-0.39, 0.29) is 11.3 Å². The van der Waals surface area contributed by atoms with Crippen molar-refractivity contribution in [2.24, 2.45) is 7.05 Å². The van der Waals surface area contributed by atoms with Crippen LogP contribution in [0, 0.1) is 0 Å². The Labute approximate surface area is 114 Å². The second-order valence-electron chi connectivity index (χ2n) is 4.06. The van der Waals surface area contributed by atoms with Crippen LogP contribution in [-0.4, -0.2) is 33.9 Å². The fourth-order valence-corrected chi connectivity index (χ4v) is 1.70. The lowest BCUT2D eigenvalue weighted by Gasteiger charge is -2.06. The predicted molar refractivity (Wildman–Crippen MR) is 71.1 cm³/mol.